The molecule has 0 aliphatic heterocycles. The summed E-state index contributed by atoms with van der Waals surface area (Å²) < 4.78 is 14.9. The fourth-order valence-corrected chi connectivity index (χ4v) is 3.27. The van der Waals surface area contributed by atoms with Gasteiger partial charge in [0.25, 0.3) is 0 Å². The summed E-state index contributed by atoms with van der Waals surface area (Å²) >= 11 is 3.36. The summed E-state index contributed by atoms with van der Waals surface area (Å²) in [4.78, 5) is 9.00. The Bertz CT molecular complexity index is 767. The van der Waals surface area contributed by atoms with Gasteiger partial charge in [-0.05, 0) is 41.1 Å². The van der Waals surface area contributed by atoms with Crippen LogP contribution in [-0.2, 0) is 11.0 Å². The highest BCUT2D eigenvalue weighted by molar-refractivity contribution is 9.10. The monoisotopic (exact) mass is 335 g/mol. The van der Waals surface area contributed by atoms with E-state index in [1.807, 2.05) is 37.3 Å². The van der Waals surface area contributed by atoms with Crippen LogP contribution < -0.4 is 0 Å². The molecule has 0 fully saturated rings. The number of fused-ring (bicyclic) bond motifs is 1. The van der Waals surface area contributed by atoms with Gasteiger partial charge in [-0.2, -0.15) is 0 Å². The molecule has 0 spiro atoms. The maximum atomic E-state index is 12.5. The summed E-state index contributed by atoms with van der Waals surface area (Å²) in [5.74, 6) is 0. The molecule has 1 aromatic carbocycles. The lowest BCUT2D eigenvalue weighted by Crippen LogP contribution is -2.04. The molecule has 0 aliphatic carbocycles. The predicted octanol–water partition coefficient (Wildman–Crippen LogP) is 3.07. The molecular weight excluding hydrogens is 326 g/mol. The van der Waals surface area contributed by atoms with Crippen molar-refractivity contribution in [1.29, 1.82) is 0 Å². The largest absolute Gasteiger partial charge is 0.246 e. The van der Waals surface area contributed by atoms with Crippen LogP contribution in [0.1, 0.15) is 5.56 Å². The summed E-state index contributed by atoms with van der Waals surface area (Å²) in [5.41, 5.74) is 1.80. The molecule has 0 saturated carbocycles. The summed E-state index contributed by atoms with van der Waals surface area (Å²) in [6.45, 7) is 2.00. The average Bonchev–Trinajstić information content (AvgIpc) is 2.84. The van der Waals surface area contributed by atoms with Crippen LogP contribution in [-0.4, -0.2) is 18.1 Å². The maximum Gasteiger partial charge on any atom is 0.158 e. The van der Waals surface area contributed by atoms with E-state index in [-0.39, 0.29) is 0 Å². The number of rotatable bonds is 2. The molecule has 19 heavy (non-hydrogen) atoms. The first-order chi connectivity index (χ1) is 9.16. The van der Waals surface area contributed by atoms with E-state index >= 15 is 0 Å². The molecule has 0 aliphatic rings. The molecule has 96 valence electrons. The number of halogens is 1. The Kier molecular flexibility index (Phi) is 3.20. The maximum absolute atomic E-state index is 12.5. The van der Waals surface area contributed by atoms with Crippen LogP contribution in [0.15, 0.2) is 52.4 Å². The van der Waals surface area contributed by atoms with Crippen LogP contribution in [0.25, 0.3) is 11.0 Å². The molecular formula is C13H10BrN3OS. The van der Waals surface area contributed by atoms with E-state index in [0.29, 0.717) is 10.3 Å². The van der Waals surface area contributed by atoms with Crippen molar-refractivity contribution >= 4 is 37.9 Å². The Labute approximate surface area is 121 Å². The van der Waals surface area contributed by atoms with E-state index < -0.39 is 11.0 Å². The van der Waals surface area contributed by atoms with Crippen molar-refractivity contribution in [2.45, 2.75) is 11.8 Å². The molecule has 0 N–H and O–H groups in total. The van der Waals surface area contributed by atoms with E-state index in [2.05, 4.69) is 25.9 Å². The summed E-state index contributed by atoms with van der Waals surface area (Å²) in [7, 11) is -1.30. The lowest BCUT2D eigenvalue weighted by atomic mass is 10.2. The highest BCUT2D eigenvalue weighted by Crippen LogP contribution is 2.23. The molecule has 3 rings (SSSR count). The fraction of sp³-hybridized carbons (Fsp3) is 0.0769. The highest BCUT2D eigenvalue weighted by atomic mass is 79.9. The van der Waals surface area contributed by atoms with E-state index in [9.17, 15) is 4.21 Å². The van der Waals surface area contributed by atoms with Crippen LogP contribution in [0.3, 0.4) is 0 Å². The second-order valence-electron chi connectivity index (χ2n) is 4.11. The van der Waals surface area contributed by atoms with E-state index in [1.54, 1.807) is 10.2 Å². The van der Waals surface area contributed by atoms with Gasteiger partial charge >= 0.3 is 0 Å². The third-order valence-corrected chi connectivity index (χ3v) is 4.76. The zero-order valence-electron chi connectivity index (χ0n) is 10.1. The van der Waals surface area contributed by atoms with Gasteiger partial charge < -0.3 is 0 Å². The number of benzene rings is 1. The van der Waals surface area contributed by atoms with Gasteiger partial charge in [0, 0.05) is 6.20 Å². The topological polar surface area (TPSA) is 47.8 Å². The molecule has 0 amide bonds. The van der Waals surface area contributed by atoms with Crippen LogP contribution in [0.4, 0.5) is 0 Å². The molecule has 3 aromatic rings. The van der Waals surface area contributed by atoms with Crippen molar-refractivity contribution in [1.82, 2.24) is 13.9 Å². The molecule has 2 aromatic heterocycles. The molecule has 6 heteroatoms. The minimum absolute atomic E-state index is 0.654. The van der Waals surface area contributed by atoms with Gasteiger partial charge in [-0.25, -0.2) is 18.1 Å². The van der Waals surface area contributed by atoms with Crippen LogP contribution >= 0.6 is 15.9 Å². The third kappa shape index (κ3) is 2.21. The third-order valence-electron chi connectivity index (χ3n) is 2.80. The van der Waals surface area contributed by atoms with Crippen molar-refractivity contribution in [2.24, 2.45) is 0 Å². The number of aryl methyl sites for hydroxylation is 1. The van der Waals surface area contributed by atoms with Crippen molar-refractivity contribution in [3.63, 3.8) is 0 Å². The van der Waals surface area contributed by atoms with Crippen molar-refractivity contribution in [3.05, 3.63) is 53.0 Å². The Hall–Kier alpha value is -1.53. The van der Waals surface area contributed by atoms with E-state index in [4.69, 9.17) is 0 Å². The normalized spacial score (nSPS) is 12.7. The fourth-order valence-electron chi connectivity index (χ4n) is 1.80. The first-order valence-corrected chi connectivity index (χ1v) is 7.53. The highest BCUT2D eigenvalue weighted by Gasteiger charge is 2.12. The van der Waals surface area contributed by atoms with Gasteiger partial charge in [-0.15, -0.1) is 0 Å². The van der Waals surface area contributed by atoms with E-state index in [1.165, 1.54) is 6.33 Å². The first-order valence-electron chi connectivity index (χ1n) is 5.63. The summed E-state index contributed by atoms with van der Waals surface area (Å²) in [5, 5.41) is 0.850. The Morgan fingerprint density at radius 1 is 1.16 bits per heavy atom. The molecule has 1 atom stereocenters. The summed E-state index contributed by atoms with van der Waals surface area (Å²) in [6.07, 6.45) is 3.22. The SMILES string of the molecule is Cc1ccc(S(=O)n2ccc3c(Br)ncnc32)cc1. The zero-order chi connectivity index (χ0) is 13.4. The van der Waals surface area contributed by atoms with Gasteiger partial charge in [0.2, 0.25) is 0 Å². The molecule has 1 unspecified atom stereocenters. The number of hydrogen-bond donors (Lipinski definition) is 0. The first kappa shape index (κ1) is 12.5. The number of aromatic nitrogens is 3. The predicted molar refractivity (Wildman–Crippen MR) is 78.2 cm³/mol. The quantitative estimate of drug-likeness (QED) is 0.676. The van der Waals surface area contributed by atoms with Crippen molar-refractivity contribution < 1.29 is 4.21 Å². The number of hydrogen-bond acceptors (Lipinski definition) is 3. The molecule has 0 radical (unpaired) electrons. The van der Waals surface area contributed by atoms with Gasteiger partial charge in [0.15, 0.2) is 16.6 Å². The molecule has 4 nitrogen and oxygen atoms in total. The average molecular weight is 336 g/mol. The van der Waals surface area contributed by atoms with E-state index in [0.717, 1.165) is 15.8 Å². The Morgan fingerprint density at radius 3 is 2.63 bits per heavy atom. The lowest BCUT2D eigenvalue weighted by Gasteiger charge is -2.05. The molecule has 2 heterocycles. The standard InChI is InChI=1S/C13H10BrN3OS/c1-9-2-4-10(5-3-9)19(18)17-7-6-11-12(14)15-8-16-13(11)17/h2-8H,1H3. The number of nitrogens with zero attached hydrogens (tertiary/aromatic N) is 3. The second kappa shape index (κ2) is 4.86. The minimum atomic E-state index is -1.30. The van der Waals surface area contributed by atoms with Gasteiger partial charge in [-0.3, -0.25) is 0 Å². The molecule has 0 bridgehead atoms. The van der Waals surface area contributed by atoms with Crippen molar-refractivity contribution in [3.8, 4) is 0 Å². The van der Waals surface area contributed by atoms with Crippen LogP contribution in [0.2, 0.25) is 0 Å². The van der Waals surface area contributed by atoms with Gasteiger partial charge in [-0.1, -0.05) is 17.7 Å². The molecule has 0 saturated heterocycles. The lowest BCUT2D eigenvalue weighted by molar-refractivity contribution is 0.678. The second-order valence-corrected chi connectivity index (χ2v) is 6.22. The summed E-state index contributed by atoms with van der Waals surface area (Å²) in [6, 6.07) is 9.49. The van der Waals surface area contributed by atoms with Crippen LogP contribution in [0, 0.1) is 6.92 Å². The van der Waals surface area contributed by atoms with Gasteiger partial charge in [0.1, 0.15) is 10.9 Å². The van der Waals surface area contributed by atoms with Crippen molar-refractivity contribution in [2.75, 3.05) is 0 Å². The minimum Gasteiger partial charge on any atom is -0.246 e. The Morgan fingerprint density at radius 2 is 1.89 bits per heavy atom. The zero-order valence-corrected chi connectivity index (χ0v) is 12.5. The van der Waals surface area contributed by atoms with Crippen LogP contribution in [0.5, 0.6) is 0 Å². The Balaban J connectivity index is 2.12. The van der Waals surface area contributed by atoms with Gasteiger partial charge in [0.05, 0.1) is 10.3 Å². The smallest absolute Gasteiger partial charge is 0.158 e.